The summed E-state index contributed by atoms with van der Waals surface area (Å²) in [5, 5.41) is 0. The lowest BCUT2D eigenvalue weighted by Crippen LogP contribution is -2.37. The molecule has 0 saturated heterocycles. The topological polar surface area (TPSA) is 108 Å². The number of carbonyl (C=O) groups is 2. The zero-order valence-corrected chi connectivity index (χ0v) is 50.1. The Balaban J connectivity index is 4.18. The monoisotopic (exact) mass is 1080 g/mol. The molecule has 0 aliphatic rings. The van der Waals surface area contributed by atoms with Crippen LogP contribution in [0, 0.1) is 0 Å². The highest BCUT2D eigenvalue weighted by atomic mass is 31.2. The van der Waals surface area contributed by atoms with Gasteiger partial charge in [-0.15, -0.1) is 0 Å². The van der Waals surface area contributed by atoms with Crippen molar-refractivity contribution in [2.75, 3.05) is 47.5 Å². The molecule has 0 spiro atoms. The van der Waals surface area contributed by atoms with E-state index in [1.807, 2.05) is 21.1 Å². The van der Waals surface area contributed by atoms with Gasteiger partial charge in [0.25, 0.3) is 0 Å². The first-order valence-electron chi connectivity index (χ1n) is 30.3. The van der Waals surface area contributed by atoms with Crippen molar-refractivity contribution in [1.29, 1.82) is 0 Å². The molecule has 0 saturated carbocycles. The number of ether oxygens (including phenoxy) is 2. The summed E-state index contributed by atoms with van der Waals surface area (Å²) in [4.78, 5) is 35.8. The molecule has 0 aliphatic carbocycles. The number of rotatable bonds is 54. The smallest absolute Gasteiger partial charge is 0.462 e. The van der Waals surface area contributed by atoms with E-state index in [0.29, 0.717) is 17.4 Å². The molecule has 2 unspecified atom stereocenters. The highest BCUT2D eigenvalue weighted by molar-refractivity contribution is 7.47. The lowest BCUT2D eigenvalue weighted by atomic mass is 10.0. The van der Waals surface area contributed by atoms with E-state index in [2.05, 4.69) is 135 Å². The molecule has 0 amide bonds. The third-order valence-electron chi connectivity index (χ3n) is 12.5. The molecule has 0 radical (unpaired) electrons. The molecule has 0 bridgehead atoms. The Kier molecular flexibility index (Phi) is 53.5. The Morgan fingerprint density at radius 2 is 0.711 bits per heavy atom. The summed E-state index contributed by atoms with van der Waals surface area (Å²) < 4.78 is 34.6. The molecule has 0 rings (SSSR count). The van der Waals surface area contributed by atoms with Crippen molar-refractivity contribution in [2.45, 2.75) is 238 Å². The molecule has 10 heteroatoms. The number of phosphoric acid groups is 1. The Labute approximate surface area is 467 Å². The van der Waals surface area contributed by atoms with Crippen molar-refractivity contribution < 1.29 is 42.1 Å². The van der Waals surface area contributed by atoms with Crippen molar-refractivity contribution in [1.82, 2.24) is 0 Å². The van der Waals surface area contributed by atoms with Crippen molar-refractivity contribution in [3.8, 4) is 0 Å². The van der Waals surface area contributed by atoms with Gasteiger partial charge in [-0.1, -0.05) is 238 Å². The van der Waals surface area contributed by atoms with Crippen LogP contribution in [0.2, 0.25) is 0 Å². The number of esters is 2. The predicted molar refractivity (Wildman–Crippen MR) is 325 cm³/mol. The van der Waals surface area contributed by atoms with Gasteiger partial charge in [-0.2, -0.15) is 0 Å². The van der Waals surface area contributed by atoms with Gasteiger partial charge in [0.05, 0.1) is 27.7 Å². The maximum atomic E-state index is 12.8. The standard InChI is InChI=1S/C66H112NO8P/c1-6-8-10-12-14-16-18-20-22-24-26-28-30-31-32-33-34-35-37-39-41-43-45-47-49-51-53-55-57-59-66(69)75-64(63-74-76(70,71)73-61-60-67(3,4)5)62-72-65(68)58-56-54-52-50-48-46-44-42-40-38-36-29-27-25-23-21-19-17-15-13-11-9-7-2/h8-11,14-17,20-23,26-29,31-32,38,40,64H,6-7,12-13,18-19,24-25,30,33-37,39,41-63H2,1-5H3/p+1/b10-8-,11-9-,16-14-,17-15-,22-20-,23-21-,28-26-,29-27-,32-31-,40-38-. The van der Waals surface area contributed by atoms with Crippen LogP contribution in [0.4, 0.5) is 0 Å². The van der Waals surface area contributed by atoms with E-state index in [-0.39, 0.29) is 32.0 Å². The predicted octanol–water partition coefficient (Wildman–Crippen LogP) is 19.1. The fourth-order valence-corrected chi connectivity index (χ4v) is 8.63. The van der Waals surface area contributed by atoms with Crippen LogP contribution in [0.3, 0.4) is 0 Å². The zero-order chi connectivity index (χ0) is 55.6. The molecule has 76 heavy (non-hydrogen) atoms. The first-order valence-corrected chi connectivity index (χ1v) is 31.8. The number of unbranched alkanes of at least 4 members (excludes halogenated alkanes) is 20. The number of hydrogen-bond acceptors (Lipinski definition) is 7. The van der Waals surface area contributed by atoms with Crippen molar-refractivity contribution in [3.63, 3.8) is 0 Å². The quantitative estimate of drug-likeness (QED) is 0.0211. The Morgan fingerprint density at radius 1 is 0.408 bits per heavy atom. The Hall–Kier alpha value is -3.59. The molecule has 0 aliphatic heterocycles. The van der Waals surface area contributed by atoms with Gasteiger partial charge in [0.15, 0.2) is 6.10 Å². The minimum absolute atomic E-state index is 0.0235. The molecule has 2 atom stereocenters. The van der Waals surface area contributed by atoms with Crippen LogP contribution in [-0.2, 0) is 32.7 Å². The summed E-state index contributed by atoms with van der Waals surface area (Å²) in [5.74, 6) is -0.816. The van der Waals surface area contributed by atoms with Crippen LogP contribution in [-0.4, -0.2) is 74.9 Å². The molecule has 0 heterocycles. The van der Waals surface area contributed by atoms with E-state index < -0.39 is 26.5 Å². The lowest BCUT2D eigenvalue weighted by molar-refractivity contribution is -0.870. The van der Waals surface area contributed by atoms with Crippen molar-refractivity contribution >= 4 is 19.8 Å². The third kappa shape index (κ3) is 59.7. The molecule has 0 aromatic heterocycles. The fourth-order valence-electron chi connectivity index (χ4n) is 7.89. The van der Waals surface area contributed by atoms with Gasteiger partial charge in [-0.05, 0) is 103 Å². The van der Waals surface area contributed by atoms with Gasteiger partial charge in [-0.25, -0.2) is 4.57 Å². The molecule has 9 nitrogen and oxygen atoms in total. The second-order valence-electron chi connectivity index (χ2n) is 21.0. The highest BCUT2D eigenvalue weighted by Crippen LogP contribution is 2.43. The van der Waals surface area contributed by atoms with Crippen LogP contribution in [0.1, 0.15) is 232 Å². The van der Waals surface area contributed by atoms with E-state index >= 15 is 0 Å². The number of carbonyl (C=O) groups excluding carboxylic acids is 2. The lowest BCUT2D eigenvalue weighted by Gasteiger charge is -2.24. The van der Waals surface area contributed by atoms with Crippen LogP contribution in [0.15, 0.2) is 122 Å². The highest BCUT2D eigenvalue weighted by Gasteiger charge is 2.27. The van der Waals surface area contributed by atoms with Crippen molar-refractivity contribution in [2.24, 2.45) is 0 Å². The number of hydrogen-bond donors (Lipinski definition) is 1. The first kappa shape index (κ1) is 72.4. The summed E-state index contributed by atoms with van der Waals surface area (Å²) in [5.41, 5.74) is 0. The first-order chi connectivity index (χ1) is 37.0. The maximum Gasteiger partial charge on any atom is 0.472 e. The van der Waals surface area contributed by atoms with Crippen LogP contribution < -0.4 is 0 Å². The molecular weight excluding hydrogens is 966 g/mol. The second kappa shape index (κ2) is 56.1. The molecule has 0 fully saturated rings. The second-order valence-corrected chi connectivity index (χ2v) is 22.4. The maximum absolute atomic E-state index is 12.8. The number of quaternary nitrogens is 1. The van der Waals surface area contributed by atoms with E-state index in [9.17, 15) is 19.0 Å². The summed E-state index contributed by atoms with van der Waals surface area (Å²) >= 11 is 0. The normalized spacial score (nSPS) is 14.1. The van der Waals surface area contributed by atoms with Gasteiger partial charge in [0.2, 0.25) is 0 Å². The molecule has 0 aromatic carbocycles. The Bertz CT molecular complexity index is 1700. The van der Waals surface area contributed by atoms with Gasteiger partial charge in [0.1, 0.15) is 19.8 Å². The number of phosphoric ester groups is 1. The summed E-state index contributed by atoms with van der Waals surface area (Å²) in [6, 6.07) is 0. The average Bonchev–Trinajstić information content (AvgIpc) is 3.38. The van der Waals surface area contributed by atoms with Gasteiger partial charge in [-0.3, -0.25) is 18.6 Å². The molecule has 0 aromatic rings. The van der Waals surface area contributed by atoms with E-state index in [1.54, 1.807) is 0 Å². The fraction of sp³-hybridized carbons (Fsp3) is 0.667. The number of likely N-dealkylation sites (N-methyl/N-ethyl adjacent to an activating group) is 1. The number of allylic oxidation sites excluding steroid dienone is 20. The average molecular weight is 1080 g/mol. The zero-order valence-electron chi connectivity index (χ0n) is 49.2. The minimum atomic E-state index is -4.40. The van der Waals surface area contributed by atoms with E-state index in [4.69, 9.17) is 18.5 Å². The SMILES string of the molecule is CC/C=C\C/C=C\C/C=C\C/C=C\C/C=C\CCCCCCCCCCCCCCCC(=O)OC(COC(=O)CCCCCCCCC/C=C\C/C=C\C/C=C\C/C=C\C/C=C\CC)COP(=O)(O)OCC[N+](C)(C)C. The number of nitrogens with zero attached hydrogens (tertiary/aromatic N) is 1. The summed E-state index contributed by atoms with van der Waals surface area (Å²) in [6.07, 6.45) is 79.8. The minimum Gasteiger partial charge on any atom is -0.462 e. The third-order valence-corrected chi connectivity index (χ3v) is 13.5. The molecular formula is C66H113NO8P+. The Morgan fingerprint density at radius 3 is 1.05 bits per heavy atom. The van der Waals surface area contributed by atoms with E-state index in [1.165, 1.54) is 83.5 Å². The van der Waals surface area contributed by atoms with Crippen LogP contribution in [0.25, 0.3) is 0 Å². The van der Waals surface area contributed by atoms with E-state index in [0.717, 1.165) is 116 Å². The van der Waals surface area contributed by atoms with Gasteiger partial charge < -0.3 is 18.9 Å². The largest absolute Gasteiger partial charge is 0.472 e. The van der Waals surface area contributed by atoms with Gasteiger partial charge in [0, 0.05) is 12.8 Å². The molecule has 1 N–H and O–H groups in total. The van der Waals surface area contributed by atoms with Crippen molar-refractivity contribution in [3.05, 3.63) is 122 Å². The van der Waals surface area contributed by atoms with Crippen LogP contribution >= 0.6 is 7.82 Å². The summed E-state index contributed by atoms with van der Waals surface area (Å²) in [7, 11) is 1.46. The van der Waals surface area contributed by atoms with Crippen LogP contribution in [0.5, 0.6) is 0 Å². The molecule has 434 valence electrons. The summed E-state index contributed by atoms with van der Waals surface area (Å²) in [6.45, 7) is 4.19. The van der Waals surface area contributed by atoms with Gasteiger partial charge >= 0.3 is 19.8 Å².